The molecule has 0 aliphatic heterocycles. The summed E-state index contributed by atoms with van der Waals surface area (Å²) in [6.07, 6.45) is 1.54. The van der Waals surface area contributed by atoms with Gasteiger partial charge in [0.15, 0.2) is 5.82 Å². The van der Waals surface area contributed by atoms with E-state index in [0.29, 0.717) is 9.99 Å². The van der Waals surface area contributed by atoms with Crippen LogP contribution in [0.2, 0.25) is 0 Å². The zero-order valence-electron chi connectivity index (χ0n) is 5.96. The molecule has 0 spiro atoms. The van der Waals surface area contributed by atoms with Crippen LogP contribution in [0.4, 0.5) is 4.39 Å². The number of rotatable bonds is 0. The lowest BCUT2D eigenvalue weighted by Gasteiger charge is -1.97. The first-order chi connectivity index (χ1) is 5.77. The Morgan fingerprint density at radius 3 is 3.00 bits per heavy atom. The van der Waals surface area contributed by atoms with E-state index in [2.05, 4.69) is 26.1 Å². The van der Waals surface area contributed by atoms with Gasteiger partial charge in [-0.05, 0) is 18.2 Å². The molecule has 1 heterocycles. The predicted octanol–water partition coefficient (Wildman–Crippen LogP) is 2.53. The van der Waals surface area contributed by atoms with Crippen LogP contribution in [-0.2, 0) is 0 Å². The van der Waals surface area contributed by atoms with E-state index in [-0.39, 0.29) is 5.82 Å². The molecule has 0 unspecified atom stereocenters. The van der Waals surface area contributed by atoms with Gasteiger partial charge in [0.05, 0.1) is 6.20 Å². The Hall–Kier alpha value is -1.03. The Labute approximate surface area is 76.6 Å². The maximum absolute atomic E-state index is 13.1. The molecule has 2 nitrogen and oxygen atoms in total. The fourth-order valence-corrected chi connectivity index (χ4v) is 1.47. The minimum atomic E-state index is -0.354. The van der Waals surface area contributed by atoms with Crippen LogP contribution in [0.5, 0.6) is 0 Å². The van der Waals surface area contributed by atoms with Crippen molar-refractivity contribution in [2.45, 2.75) is 0 Å². The highest BCUT2D eigenvalue weighted by Gasteiger charge is 2.02. The van der Waals surface area contributed by atoms with Gasteiger partial charge in [-0.1, -0.05) is 15.9 Å². The summed E-state index contributed by atoms with van der Waals surface area (Å²) >= 11 is 3.20. The van der Waals surface area contributed by atoms with Gasteiger partial charge in [0.1, 0.15) is 5.52 Å². The summed E-state index contributed by atoms with van der Waals surface area (Å²) < 4.78 is 13.8. The van der Waals surface area contributed by atoms with Gasteiger partial charge in [0, 0.05) is 9.86 Å². The summed E-state index contributed by atoms with van der Waals surface area (Å²) in [7, 11) is 0. The van der Waals surface area contributed by atoms with Gasteiger partial charge in [-0.2, -0.15) is 5.10 Å². The number of halogens is 2. The van der Waals surface area contributed by atoms with Crippen LogP contribution in [0.3, 0.4) is 0 Å². The van der Waals surface area contributed by atoms with E-state index in [1.165, 1.54) is 12.3 Å². The first kappa shape index (κ1) is 7.61. The van der Waals surface area contributed by atoms with Gasteiger partial charge >= 0.3 is 0 Å². The Morgan fingerprint density at radius 1 is 1.33 bits per heavy atom. The lowest BCUT2D eigenvalue weighted by molar-refractivity contribution is 0.634. The first-order valence-corrected chi connectivity index (χ1v) is 4.13. The number of fused-ring (bicyclic) bond motifs is 1. The third-order valence-corrected chi connectivity index (χ3v) is 1.99. The molecule has 0 atom stereocenters. The highest BCUT2D eigenvalue weighted by atomic mass is 79.9. The molecular formula is C8H4BrFN2. The van der Waals surface area contributed by atoms with Crippen LogP contribution < -0.4 is 0 Å². The maximum atomic E-state index is 13.1. The van der Waals surface area contributed by atoms with E-state index in [9.17, 15) is 4.39 Å². The molecule has 1 aromatic carbocycles. The molecule has 12 heavy (non-hydrogen) atoms. The van der Waals surface area contributed by atoms with E-state index in [0.717, 1.165) is 5.39 Å². The Bertz CT molecular complexity index is 430. The molecule has 0 amide bonds. The predicted molar refractivity (Wildman–Crippen MR) is 47.2 cm³/mol. The van der Waals surface area contributed by atoms with Gasteiger partial charge in [-0.3, -0.25) is 0 Å². The minimum absolute atomic E-state index is 0.306. The first-order valence-electron chi connectivity index (χ1n) is 3.34. The van der Waals surface area contributed by atoms with Gasteiger partial charge in [-0.25, -0.2) is 4.39 Å². The molecule has 0 bridgehead atoms. The average Bonchev–Trinajstić information content (AvgIpc) is 2.04. The van der Waals surface area contributed by atoms with Gasteiger partial charge < -0.3 is 0 Å². The summed E-state index contributed by atoms with van der Waals surface area (Å²) in [5.74, 6) is -0.354. The van der Waals surface area contributed by atoms with Gasteiger partial charge in [0.2, 0.25) is 0 Å². The smallest absolute Gasteiger partial charge is 0.152 e. The molecule has 0 saturated carbocycles. The lowest BCUT2D eigenvalue weighted by atomic mass is 10.2. The molecule has 0 saturated heterocycles. The second kappa shape index (κ2) is 2.79. The normalized spacial score (nSPS) is 10.5. The molecule has 4 heteroatoms. The van der Waals surface area contributed by atoms with Crippen molar-refractivity contribution in [2.24, 2.45) is 0 Å². The molecule has 0 fully saturated rings. The fraction of sp³-hybridized carbons (Fsp3) is 0. The van der Waals surface area contributed by atoms with Crippen LogP contribution in [0.25, 0.3) is 10.9 Å². The number of hydrogen-bond donors (Lipinski definition) is 0. The summed E-state index contributed by atoms with van der Waals surface area (Å²) in [5, 5.41) is 8.02. The van der Waals surface area contributed by atoms with Gasteiger partial charge in [0.25, 0.3) is 0 Å². The second-order valence-corrected chi connectivity index (χ2v) is 3.27. The molecule has 2 rings (SSSR count). The van der Waals surface area contributed by atoms with E-state index in [1.807, 2.05) is 0 Å². The monoisotopic (exact) mass is 226 g/mol. The molecule has 0 N–H and O–H groups in total. The highest BCUT2D eigenvalue weighted by Crippen LogP contribution is 2.20. The average molecular weight is 227 g/mol. The second-order valence-electron chi connectivity index (χ2n) is 2.36. The van der Waals surface area contributed by atoms with Crippen molar-refractivity contribution in [1.29, 1.82) is 0 Å². The summed E-state index contributed by atoms with van der Waals surface area (Å²) in [5.41, 5.74) is 0.306. The molecular weight excluding hydrogens is 223 g/mol. The van der Waals surface area contributed by atoms with Crippen LogP contribution in [0, 0.1) is 5.82 Å². The Kier molecular flexibility index (Phi) is 1.77. The standard InChI is InChI=1S/C8H4BrFN2/c9-6-3-5-1-2-11-12-8(5)7(10)4-6/h1-4H. The molecule has 2 aromatic rings. The van der Waals surface area contributed by atoms with Crippen LogP contribution in [0.15, 0.2) is 28.9 Å². The zero-order valence-corrected chi connectivity index (χ0v) is 7.55. The Morgan fingerprint density at radius 2 is 2.17 bits per heavy atom. The quantitative estimate of drug-likeness (QED) is 0.691. The number of aromatic nitrogens is 2. The minimum Gasteiger partial charge on any atom is -0.204 e. The van der Waals surface area contributed by atoms with Crippen molar-refractivity contribution in [2.75, 3.05) is 0 Å². The van der Waals surface area contributed by atoms with Crippen molar-refractivity contribution in [1.82, 2.24) is 10.2 Å². The van der Waals surface area contributed by atoms with Crippen LogP contribution in [0.1, 0.15) is 0 Å². The van der Waals surface area contributed by atoms with Crippen LogP contribution >= 0.6 is 15.9 Å². The van der Waals surface area contributed by atoms with Crippen molar-refractivity contribution < 1.29 is 4.39 Å². The molecule has 1 aromatic heterocycles. The van der Waals surface area contributed by atoms with Gasteiger partial charge in [-0.15, -0.1) is 5.10 Å². The Balaban J connectivity index is 2.89. The number of benzene rings is 1. The molecule has 0 aliphatic carbocycles. The van der Waals surface area contributed by atoms with Crippen molar-refractivity contribution in [3.05, 3.63) is 34.7 Å². The molecule has 0 radical (unpaired) electrons. The topological polar surface area (TPSA) is 25.8 Å². The fourth-order valence-electron chi connectivity index (χ4n) is 1.02. The summed E-state index contributed by atoms with van der Waals surface area (Å²) in [6, 6.07) is 4.89. The summed E-state index contributed by atoms with van der Waals surface area (Å²) in [6.45, 7) is 0. The third kappa shape index (κ3) is 1.18. The largest absolute Gasteiger partial charge is 0.204 e. The van der Waals surface area contributed by atoms with E-state index in [1.54, 1.807) is 12.1 Å². The van der Waals surface area contributed by atoms with E-state index in [4.69, 9.17) is 0 Å². The highest BCUT2D eigenvalue weighted by molar-refractivity contribution is 9.10. The van der Waals surface area contributed by atoms with E-state index >= 15 is 0 Å². The molecule has 60 valence electrons. The SMILES string of the molecule is Fc1cc(Br)cc2ccnnc12. The summed E-state index contributed by atoms with van der Waals surface area (Å²) in [4.78, 5) is 0. The van der Waals surface area contributed by atoms with Crippen molar-refractivity contribution in [3.8, 4) is 0 Å². The number of hydrogen-bond acceptors (Lipinski definition) is 2. The van der Waals surface area contributed by atoms with Crippen LogP contribution in [-0.4, -0.2) is 10.2 Å². The van der Waals surface area contributed by atoms with E-state index < -0.39 is 0 Å². The lowest BCUT2D eigenvalue weighted by Crippen LogP contribution is -1.86. The number of nitrogens with zero attached hydrogens (tertiary/aromatic N) is 2. The van der Waals surface area contributed by atoms with Crippen molar-refractivity contribution >= 4 is 26.8 Å². The molecule has 0 aliphatic rings. The zero-order chi connectivity index (χ0) is 8.55. The third-order valence-electron chi connectivity index (χ3n) is 1.54. The van der Waals surface area contributed by atoms with Crippen molar-refractivity contribution in [3.63, 3.8) is 0 Å². The maximum Gasteiger partial charge on any atom is 0.152 e.